The number of carbonyl (C=O) groups is 9. The van der Waals surface area contributed by atoms with E-state index in [2.05, 4.69) is 41.5 Å². The van der Waals surface area contributed by atoms with Crippen LogP contribution in [0.2, 0.25) is 0 Å². The molecular formula is C103H168O32. The molecule has 10 rings (SSSR count). The number of carboxylic acids is 3. The summed E-state index contributed by atoms with van der Waals surface area (Å²) < 4.78 is 23.2. The fourth-order valence-electron chi connectivity index (χ4n) is 16.4. The molecule has 8 atom stereocenters. The zero-order valence-corrected chi connectivity index (χ0v) is 83.9. The van der Waals surface area contributed by atoms with E-state index in [-0.39, 0.29) is 155 Å². The second-order valence-corrected chi connectivity index (χ2v) is 38.8. The molecule has 0 unspecified atom stereocenters. The van der Waals surface area contributed by atoms with Gasteiger partial charge in [-0.15, -0.1) is 0 Å². The fraction of sp³-hybridized carbons (Fsp3) is 0.602. The van der Waals surface area contributed by atoms with Gasteiger partial charge in [-0.25, -0.2) is 0 Å². The summed E-state index contributed by atoms with van der Waals surface area (Å²) in [7, 11) is 0. The Hall–Kier alpha value is -10.1. The molecule has 0 amide bonds. The number of hydrogen-bond acceptors (Lipinski definition) is 24. The number of allylic oxidation sites excluding steroid dienone is 8. The van der Waals surface area contributed by atoms with Crippen molar-refractivity contribution < 1.29 is 165 Å². The lowest BCUT2D eigenvalue weighted by molar-refractivity contribution is -0.148. The van der Waals surface area contributed by atoms with Crippen molar-refractivity contribution in [1.29, 1.82) is 0 Å². The van der Waals surface area contributed by atoms with Crippen molar-refractivity contribution in [3.8, 4) is 46.0 Å². The minimum atomic E-state index is -1.16. The van der Waals surface area contributed by atoms with Crippen molar-refractivity contribution in [2.75, 3.05) is 0 Å². The molecule has 0 spiro atoms. The predicted octanol–water partition coefficient (Wildman–Crippen LogP) is 16.1. The van der Waals surface area contributed by atoms with Gasteiger partial charge in [-0.1, -0.05) is 72.6 Å². The maximum atomic E-state index is 12.1. The number of rotatable bonds is 33. The summed E-state index contributed by atoms with van der Waals surface area (Å²) in [4.78, 5) is 102. The van der Waals surface area contributed by atoms with Gasteiger partial charge in [0, 0.05) is 68.4 Å². The average molecular weight is 1920 g/mol. The van der Waals surface area contributed by atoms with Crippen LogP contribution in [-0.4, -0.2) is 170 Å². The van der Waals surface area contributed by atoms with Crippen LogP contribution in [0.1, 0.15) is 340 Å². The smallest absolute Gasteiger partial charge is 0.306 e. The molecular weight excluding hydrogens is 1750 g/mol. The Morgan fingerprint density at radius 2 is 0.696 bits per heavy atom. The van der Waals surface area contributed by atoms with Crippen LogP contribution in [0.3, 0.4) is 0 Å². The highest BCUT2D eigenvalue weighted by atomic mass is 16.6. The topological polar surface area (TPSA) is 665 Å². The Morgan fingerprint density at radius 3 is 1.06 bits per heavy atom. The molecule has 32 heteroatoms. The number of aryl methyl sites for hydroxylation is 4. The third kappa shape index (κ3) is 39.8. The highest BCUT2D eigenvalue weighted by Crippen LogP contribution is 2.46. The second kappa shape index (κ2) is 57.2. The van der Waals surface area contributed by atoms with E-state index in [9.17, 15) is 84.0 Å². The van der Waals surface area contributed by atoms with E-state index >= 15 is 0 Å². The first kappa shape index (κ1) is 131. The number of aliphatic hydroxyl groups is 2. The first-order valence-corrected chi connectivity index (χ1v) is 45.4. The maximum Gasteiger partial charge on any atom is 0.306 e. The molecule has 2 saturated heterocycles. The summed E-state index contributed by atoms with van der Waals surface area (Å²) in [5.74, 6) is 2.17. The third-order valence-corrected chi connectivity index (χ3v) is 26.9. The molecule has 27 N–H and O–H groups in total. The van der Waals surface area contributed by atoms with E-state index in [4.69, 9.17) is 34.3 Å². The molecule has 2 fully saturated rings. The predicted molar refractivity (Wildman–Crippen MR) is 522 cm³/mol. The van der Waals surface area contributed by atoms with Crippen LogP contribution >= 0.6 is 0 Å². The number of carbonyl (C=O) groups excluding carboxylic acids is 6. The van der Waals surface area contributed by atoms with Crippen molar-refractivity contribution >= 4 is 53.0 Å². The van der Waals surface area contributed by atoms with Crippen LogP contribution in [0.15, 0.2) is 69.9 Å². The van der Waals surface area contributed by atoms with Gasteiger partial charge >= 0.3 is 29.8 Å². The Balaban J connectivity index is -0.000000373. The summed E-state index contributed by atoms with van der Waals surface area (Å²) >= 11 is 0. The third-order valence-electron chi connectivity index (χ3n) is 26.9. The number of ketones is 4. The van der Waals surface area contributed by atoms with Gasteiger partial charge in [0.2, 0.25) is 0 Å². The standard InChI is InChI=1S/C28H48O2.C15H22O5.C15H20O5.C15H20O4.C15H18O4.C15H20O4.8H2O.2H2/c1-20(2)11-8-12-21(3)13-9-14-22(4)15-10-17-28(7)18-16-25-19-26(29)23(5)24(6)27(25)30-28;2*1-9-10(2)14(19)11(8-12(9)16)4-6-15(3,20)7-5-13(17)18;2*1-9-10(2)14(18)11(8-12(9)16)4-6-15(3)7-5-13(17)19-15;1-9-10(2)14-11(8-12(9)16)4-6-15(3,19-14)7-5-13(17)18;;;;;;;;;;/h19-22,29H,8-18H2,1-7H3;8,16,19-20H,4-7H2,1-3H3,(H,17,18);8,20H,4-7H2,1-3H3,(H,17,18);8,16,18H,4-7H2,1-3H3;8H,4-7H2,1-3H3;8,16H,4-7H2,1-3H3,(H,17,18);8*1H2;2*1H/t21-,22-,28+;5*15-;;;;;;;;;;/m000110........../s1. The number of aromatic hydroxyl groups is 6. The van der Waals surface area contributed by atoms with Crippen LogP contribution < -0.4 is 9.47 Å². The molecule has 772 valence electrons. The van der Waals surface area contributed by atoms with Crippen LogP contribution in [0.25, 0.3) is 0 Å². The van der Waals surface area contributed by atoms with Crippen molar-refractivity contribution in [2.45, 2.75) is 385 Å². The van der Waals surface area contributed by atoms with Crippen molar-refractivity contribution in [3.63, 3.8) is 0 Å². The van der Waals surface area contributed by atoms with E-state index < -0.39 is 45.9 Å². The molecule has 6 aliphatic rings. The lowest BCUT2D eigenvalue weighted by atomic mass is 9.85. The van der Waals surface area contributed by atoms with Gasteiger partial charge in [0.05, 0.1) is 11.2 Å². The first-order chi connectivity index (χ1) is 58.9. The van der Waals surface area contributed by atoms with Crippen LogP contribution in [-0.2, 0) is 94.7 Å². The van der Waals surface area contributed by atoms with E-state index in [0.717, 1.165) is 89.2 Å². The zero-order valence-electron chi connectivity index (χ0n) is 83.9. The first-order valence-electron chi connectivity index (χ1n) is 45.4. The van der Waals surface area contributed by atoms with Gasteiger partial charge in [0.25, 0.3) is 0 Å². The van der Waals surface area contributed by atoms with Crippen LogP contribution in [0, 0.1) is 73.1 Å². The maximum absolute atomic E-state index is 12.1. The average Bonchev–Trinajstić information content (AvgIpc) is 1.12. The number of cyclic esters (lactones) is 2. The number of hydrogen-bond donors (Lipinski definition) is 11. The van der Waals surface area contributed by atoms with Crippen LogP contribution in [0.5, 0.6) is 46.0 Å². The monoisotopic (exact) mass is 1920 g/mol. The molecule has 4 aliphatic heterocycles. The van der Waals surface area contributed by atoms with Gasteiger partial charge in [-0.05, 0) is 368 Å². The van der Waals surface area contributed by atoms with Crippen molar-refractivity contribution in [2.24, 2.45) is 17.8 Å². The van der Waals surface area contributed by atoms with Gasteiger partial charge in [0.1, 0.15) is 68.4 Å². The van der Waals surface area contributed by atoms with E-state index in [0.29, 0.717) is 149 Å². The fourth-order valence-corrected chi connectivity index (χ4v) is 16.4. The summed E-state index contributed by atoms with van der Waals surface area (Å²) in [6.45, 7) is 42.1. The highest BCUT2D eigenvalue weighted by molar-refractivity contribution is 6.23. The largest absolute Gasteiger partial charge is 0.870 e. The molecule has 2 aliphatic carbocycles. The van der Waals surface area contributed by atoms with Gasteiger partial charge in [-0.3, -0.25) is 43.2 Å². The number of carboxylic acid groups (broad SMARTS) is 3. The minimum absolute atomic E-state index is 0. The molecule has 4 heterocycles. The highest BCUT2D eigenvalue weighted by Gasteiger charge is 2.40. The molecule has 4 aromatic carbocycles. The number of aliphatic carboxylic acids is 3. The van der Waals surface area contributed by atoms with E-state index in [1.165, 1.54) is 75.1 Å². The molecule has 135 heavy (non-hydrogen) atoms. The van der Waals surface area contributed by atoms with Crippen LogP contribution in [0.4, 0.5) is 0 Å². The number of esters is 2. The molecule has 4 aromatic rings. The van der Waals surface area contributed by atoms with Gasteiger partial charge < -0.3 is 119 Å². The number of phenols is 6. The SMILES string of the molecule is CC1=C(C)C(=O)C(CC[C@](C)(O)CCC(=O)O)=CC1=O.CC1=C(C)C(=O)C(CC[C@]2(C)CCC(=O)O2)=CC1=O.Cc1c(O)cc(CC[C@](C)(O)CCC(=O)O)c(O)c1C.Cc1c(O)cc(CC[C@]2(C)CCC(=O)O2)c(O)c1C.Cc1c(O)cc2c(c1C)O[C@](C)(CCC(=O)O)CC2.Cc1c(O)cc2c(c1C)O[C@](C)(CCC[C@@H](C)CCC[C@@H](C)CCCC(C)C)CC2.O.O.[HH].[HH].[OH-].[OH-].[OH-].[OH3+].[OH3+].[OH3+]. The summed E-state index contributed by atoms with van der Waals surface area (Å²) in [5, 5.41) is 106. The van der Waals surface area contributed by atoms with E-state index in [1.54, 1.807) is 81.4 Å². The normalized spacial score (nSPS) is 19.6. The molecule has 0 aromatic heterocycles. The van der Waals surface area contributed by atoms with Gasteiger partial charge in [-0.2, -0.15) is 0 Å². The minimum Gasteiger partial charge on any atom is -0.870 e. The molecule has 0 radical (unpaired) electrons. The molecule has 0 saturated carbocycles. The van der Waals surface area contributed by atoms with Gasteiger partial charge in [0.15, 0.2) is 23.1 Å². The Labute approximate surface area is 799 Å². The summed E-state index contributed by atoms with van der Waals surface area (Å²) in [6, 6.07) is 6.75. The Kier molecular flexibility index (Phi) is 55.5. The molecule has 32 nitrogen and oxygen atoms in total. The number of ether oxygens (including phenoxy) is 4. The summed E-state index contributed by atoms with van der Waals surface area (Å²) in [5.41, 5.74) is 9.03. The lowest BCUT2D eigenvalue weighted by Gasteiger charge is -2.37. The van der Waals surface area contributed by atoms with Crippen molar-refractivity contribution in [1.82, 2.24) is 0 Å². The zero-order chi connectivity index (χ0) is 95.9. The Morgan fingerprint density at radius 1 is 0.385 bits per heavy atom. The number of benzene rings is 4. The quantitative estimate of drug-likeness (QED) is 0.00913. The number of Topliss-reactive ketones (excluding diaryl/α,β-unsaturated/α-hetero) is 2. The number of phenolic OH excluding ortho intramolecular Hbond substituents is 6. The van der Waals surface area contributed by atoms with E-state index in [1.807, 2.05) is 47.6 Å². The lowest BCUT2D eigenvalue weighted by Crippen LogP contribution is -2.37. The van der Waals surface area contributed by atoms with Crippen molar-refractivity contribution in [3.05, 3.63) is 137 Å². The number of fused-ring (bicyclic) bond motifs is 2. The second-order valence-electron chi connectivity index (χ2n) is 38.8. The molecule has 0 bridgehead atoms. The summed E-state index contributed by atoms with van der Waals surface area (Å²) in [6.07, 6.45) is 24.8. The Bertz CT molecular complexity index is 4800.